The minimum Gasteiger partial charge on any atom is -0.462 e. The van der Waals surface area contributed by atoms with E-state index in [1.807, 2.05) is 27.8 Å². The molecule has 0 N–H and O–H groups in total. The van der Waals surface area contributed by atoms with Crippen molar-refractivity contribution < 1.29 is 9.53 Å². The molecule has 6 heteroatoms. The number of carbonyl (C=O) groups is 1. The Balaban J connectivity index is 2.74. The van der Waals surface area contributed by atoms with Crippen LogP contribution in [0.2, 0.25) is 5.02 Å². The number of nitrogens with zero attached hydrogens (tertiary/aromatic N) is 3. The van der Waals surface area contributed by atoms with Gasteiger partial charge in [0, 0.05) is 18.7 Å². The molecule has 5 nitrogen and oxygen atoms in total. The molecule has 2 heterocycles. The van der Waals surface area contributed by atoms with Gasteiger partial charge in [0.25, 0.3) is 0 Å². The fourth-order valence-electron chi connectivity index (χ4n) is 2.06. The number of hydrogen-bond donors (Lipinski definition) is 0. The second-order valence-corrected chi connectivity index (χ2v) is 6.01. The van der Waals surface area contributed by atoms with Crippen molar-refractivity contribution in [1.29, 1.82) is 0 Å². The summed E-state index contributed by atoms with van der Waals surface area (Å²) in [6.07, 6.45) is 1.44. The molecule has 0 bridgehead atoms. The molecule has 0 amide bonds. The second-order valence-electron chi connectivity index (χ2n) is 5.63. The maximum atomic E-state index is 11.9. The van der Waals surface area contributed by atoms with Gasteiger partial charge in [0.2, 0.25) is 0 Å². The lowest BCUT2D eigenvalue weighted by atomic mass is 9.90. The highest BCUT2D eigenvalue weighted by Gasteiger charge is 2.26. The van der Waals surface area contributed by atoms with Gasteiger partial charge < -0.3 is 4.74 Å². The van der Waals surface area contributed by atoms with E-state index in [1.165, 1.54) is 6.20 Å². The maximum Gasteiger partial charge on any atom is 0.341 e. The first-order chi connectivity index (χ1) is 9.27. The highest BCUT2D eigenvalue weighted by atomic mass is 35.5. The van der Waals surface area contributed by atoms with E-state index in [0.717, 1.165) is 5.69 Å². The van der Waals surface area contributed by atoms with Gasteiger partial charge in [-0.15, -0.1) is 0 Å². The summed E-state index contributed by atoms with van der Waals surface area (Å²) < 4.78 is 6.68. The summed E-state index contributed by atoms with van der Waals surface area (Å²) in [5.41, 5.74) is 1.56. The fourth-order valence-corrected chi connectivity index (χ4v) is 2.36. The molecule has 0 radical (unpaired) electrons. The molecule has 0 aromatic carbocycles. The van der Waals surface area contributed by atoms with Crippen molar-refractivity contribution in [1.82, 2.24) is 14.8 Å². The van der Waals surface area contributed by atoms with Crippen molar-refractivity contribution in [2.75, 3.05) is 6.61 Å². The third kappa shape index (κ3) is 2.38. The van der Waals surface area contributed by atoms with E-state index in [-0.39, 0.29) is 11.0 Å². The lowest BCUT2D eigenvalue weighted by molar-refractivity contribution is 0.0526. The Hall–Kier alpha value is -1.62. The minimum atomic E-state index is -0.462. The predicted octanol–water partition coefficient (Wildman–Crippen LogP) is 3.10. The number of carbonyl (C=O) groups excluding carboxylic acids is 1. The third-order valence-corrected chi connectivity index (χ3v) is 3.39. The molecule has 20 heavy (non-hydrogen) atoms. The Morgan fingerprint density at radius 3 is 2.65 bits per heavy atom. The standard InChI is InChI=1S/C14H18ClN3O2/c1-6-20-13(19)8-7-16-12-9(10(8)15)11(14(2,3)4)17-18(12)5/h7H,6H2,1-5H3. The number of pyridine rings is 1. The topological polar surface area (TPSA) is 57.0 Å². The quantitative estimate of drug-likeness (QED) is 0.799. The van der Waals surface area contributed by atoms with Crippen molar-refractivity contribution in [3.63, 3.8) is 0 Å². The summed E-state index contributed by atoms with van der Waals surface area (Å²) in [7, 11) is 1.81. The van der Waals surface area contributed by atoms with Crippen molar-refractivity contribution in [3.05, 3.63) is 22.5 Å². The van der Waals surface area contributed by atoms with Crippen LogP contribution in [0.3, 0.4) is 0 Å². The summed E-state index contributed by atoms with van der Waals surface area (Å²) >= 11 is 6.40. The Morgan fingerprint density at radius 2 is 2.10 bits per heavy atom. The van der Waals surface area contributed by atoms with Crippen LogP contribution in [-0.4, -0.2) is 27.3 Å². The van der Waals surface area contributed by atoms with Crippen molar-refractivity contribution >= 4 is 28.6 Å². The average molecular weight is 296 g/mol. The molecule has 0 saturated heterocycles. The van der Waals surface area contributed by atoms with E-state index >= 15 is 0 Å². The number of hydrogen-bond acceptors (Lipinski definition) is 4. The lowest BCUT2D eigenvalue weighted by Crippen LogP contribution is -2.13. The van der Waals surface area contributed by atoms with Gasteiger partial charge in [-0.1, -0.05) is 32.4 Å². The normalized spacial score (nSPS) is 11.9. The molecular formula is C14H18ClN3O2. The number of halogens is 1. The van der Waals surface area contributed by atoms with Gasteiger partial charge in [-0.3, -0.25) is 4.68 Å². The fraction of sp³-hybridized carbons (Fsp3) is 0.500. The Labute approximate surface area is 122 Å². The lowest BCUT2D eigenvalue weighted by Gasteiger charge is -2.16. The van der Waals surface area contributed by atoms with Gasteiger partial charge >= 0.3 is 5.97 Å². The molecule has 2 aromatic rings. The van der Waals surface area contributed by atoms with Gasteiger partial charge in [0.1, 0.15) is 0 Å². The SMILES string of the molecule is CCOC(=O)c1cnc2c(c(C(C)(C)C)nn2C)c1Cl. The van der Waals surface area contributed by atoms with Crippen LogP contribution in [0.1, 0.15) is 43.7 Å². The van der Waals surface area contributed by atoms with E-state index in [0.29, 0.717) is 22.7 Å². The van der Waals surface area contributed by atoms with Crippen molar-refractivity contribution in [2.45, 2.75) is 33.1 Å². The maximum absolute atomic E-state index is 11.9. The average Bonchev–Trinajstić information content (AvgIpc) is 2.68. The molecule has 0 aliphatic heterocycles. The zero-order valence-corrected chi connectivity index (χ0v) is 13.1. The Kier molecular flexibility index (Phi) is 3.73. The highest BCUT2D eigenvalue weighted by molar-refractivity contribution is 6.38. The Bertz CT molecular complexity index is 671. The Morgan fingerprint density at radius 1 is 1.45 bits per heavy atom. The monoisotopic (exact) mass is 295 g/mol. The van der Waals surface area contributed by atoms with Crippen molar-refractivity contribution in [3.8, 4) is 0 Å². The molecule has 0 saturated carbocycles. The number of aryl methyl sites for hydroxylation is 1. The molecule has 0 spiro atoms. The smallest absolute Gasteiger partial charge is 0.341 e. The van der Waals surface area contributed by atoms with E-state index in [4.69, 9.17) is 16.3 Å². The van der Waals surface area contributed by atoms with Crippen LogP contribution in [0.25, 0.3) is 11.0 Å². The van der Waals surface area contributed by atoms with Gasteiger partial charge in [0.15, 0.2) is 5.65 Å². The second kappa shape index (κ2) is 5.05. The predicted molar refractivity (Wildman–Crippen MR) is 78.2 cm³/mol. The van der Waals surface area contributed by atoms with Gasteiger partial charge in [-0.2, -0.15) is 5.10 Å². The van der Waals surface area contributed by atoms with Gasteiger partial charge in [0.05, 0.1) is 28.3 Å². The van der Waals surface area contributed by atoms with E-state index in [2.05, 4.69) is 10.1 Å². The molecule has 108 valence electrons. The van der Waals surface area contributed by atoms with Crippen LogP contribution >= 0.6 is 11.6 Å². The van der Waals surface area contributed by atoms with Crippen LogP contribution in [0.15, 0.2) is 6.20 Å². The number of ether oxygens (including phenoxy) is 1. The summed E-state index contributed by atoms with van der Waals surface area (Å²) in [6.45, 7) is 8.18. The summed E-state index contributed by atoms with van der Waals surface area (Å²) in [4.78, 5) is 16.2. The number of esters is 1. The van der Waals surface area contributed by atoms with E-state index in [9.17, 15) is 4.79 Å². The number of aromatic nitrogens is 3. The van der Waals surface area contributed by atoms with Crippen LogP contribution in [-0.2, 0) is 17.2 Å². The van der Waals surface area contributed by atoms with E-state index < -0.39 is 5.97 Å². The number of fused-ring (bicyclic) bond motifs is 1. The molecule has 2 rings (SSSR count). The number of rotatable bonds is 2. The van der Waals surface area contributed by atoms with Crippen molar-refractivity contribution in [2.24, 2.45) is 7.05 Å². The zero-order valence-electron chi connectivity index (χ0n) is 12.3. The van der Waals surface area contributed by atoms with Crippen LogP contribution in [0.5, 0.6) is 0 Å². The zero-order chi connectivity index (χ0) is 15.1. The molecular weight excluding hydrogens is 278 g/mol. The van der Waals surface area contributed by atoms with Crippen LogP contribution in [0, 0.1) is 0 Å². The first-order valence-corrected chi connectivity index (χ1v) is 6.84. The third-order valence-electron chi connectivity index (χ3n) is 2.99. The van der Waals surface area contributed by atoms with Crippen LogP contribution in [0.4, 0.5) is 0 Å². The molecule has 0 atom stereocenters. The van der Waals surface area contributed by atoms with Gasteiger partial charge in [-0.05, 0) is 6.92 Å². The first-order valence-electron chi connectivity index (χ1n) is 6.46. The summed E-state index contributed by atoms with van der Waals surface area (Å²) in [6, 6.07) is 0. The van der Waals surface area contributed by atoms with Gasteiger partial charge in [-0.25, -0.2) is 9.78 Å². The minimum absolute atomic E-state index is 0.196. The summed E-state index contributed by atoms with van der Waals surface area (Å²) in [5.74, 6) is -0.462. The van der Waals surface area contributed by atoms with Crippen LogP contribution < -0.4 is 0 Å². The highest BCUT2D eigenvalue weighted by Crippen LogP contribution is 2.34. The molecule has 0 aliphatic carbocycles. The molecule has 0 fully saturated rings. The molecule has 0 aliphatic rings. The molecule has 0 unspecified atom stereocenters. The molecule has 2 aromatic heterocycles. The first kappa shape index (κ1) is 14.8. The van der Waals surface area contributed by atoms with E-state index in [1.54, 1.807) is 11.6 Å². The largest absolute Gasteiger partial charge is 0.462 e. The summed E-state index contributed by atoms with van der Waals surface area (Å²) in [5, 5.41) is 5.55.